The van der Waals surface area contributed by atoms with Crippen LogP contribution in [0.1, 0.15) is 66.2 Å². The van der Waals surface area contributed by atoms with Gasteiger partial charge in [-0.15, -0.1) is 0 Å². The molecule has 0 aliphatic heterocycles. The van der Waals surface area contributed by atoms with E-state index in [4.69, 9.17) is 9.47 Å². The highest BCUT2D eigenvalue weighted by molar-refractivity contribution is 5.76. The summed E-state index contributed by atoms with van der Waals surface area (Å²) in [6.07, 6.45) is 6.42. The first kappa shape index (κ1) is 16.8. The molecule has 4 bridgehead atoms. The van der Waals surface area contributed by atoms with E-state index in [0.29, 0.717) is 11.8 Å². The Bertz CT molecular complexity index is 460. The summed E-state index contributed by atoms with van der Waals surface area (Å²) in [7, 11) is 0. The van der Waals surface area contributed by atoms with E-state index in [-0.39, 0.29) is 30.6 Å². The minimum Gasteiger partial charge on any atom is -0.465 e. The molecule has 4 heteroatoms. The fourth-order valence-corrected chi connectivity index (χ4v) is 5.03. The second-order valence-corrected chi connectivity index (χ2v) is 9.10. The average Bonchev–Trinajstić information content (AvgIpc) is 2.43. The highest BCUT2D eigenvalue weighted by atomic mass is 16.6. The number of ether oxygens (including phenoxy) is 2. The minimum atomic E-state index is -0.530. The lowest BCUT2D eigenvalue weighted by molar-refractivity contribution is -0.204. The lowest BCUT2D eigenvalue weighted by Crippen LogP contribution is -2.58. The van der Waals surface area contributed by atoms with Crippen molar-refractivity contribution in [3.05, 3.63) is 0 Å². The third-order valence-electron chi connectivity index (χ3n) is 6.24. The SMILES string of the molecule is CC(C)(C)C(=O)OCCC(=O)OC1(C)C2CC3CC(C2)CC1C3. The van der Waals surface area contributed by atoms with Crippen molar-refractivity contribution in [2.45, 2.75) is 71.8 Å². The molecule has 0 aromatic rings. The van der Waals surface area contributed by atoms with Crippen molar-refractivity contribution in [1.82, 2.24) is 0 Å². The normalized spacial score (nSPS) is 38.4. The predicted molar refractivity (Wildman–Crippen MR) is 86.6 cm³/mol. The van der Waals surface area contributed by atoms with Crippen molar-refractivity contribution < 1.29 is 19.1 Å². The van der Waals surface area contributed by atoms with Gasteiger partial charge in [0, 0.05) is 0 Å². The third-order valence-corrected chi connectivity index (χ3v) is 6.24. The van der Waals surface area contributed by atoms with Crippen LogP contribution < -0.4 is 0 Å². The zero-order valence-electron chi connectivity index (χ0n) is 14.9. The van der Waals surface area contributed by atoms with Crippen molar-refractivity contribution in [2.75, 3.05) is 6.61 Å². The molecule has 4 aliphatic carbocycles. The standard InChI is InChI=1S/C19H30O4/c1-18(2,3)17(21)22-6-5-16(20)23-19(4)14-8-12-7-13(10-14)11-15(19)9-12/h12-15H,5-11H2,1-4H3. The van der Waals surface area contributed by atoms with Crippen LogP contribution >= 0.6 is 0 Å². The Morgan fingerprint density at radius 1 is 1.00 bits per heavy atom. The number of hydrogen-bond donors (Lipinski definition) is 0. The lowest BCUT2D eigenvalue weighted by atomic mass is 9.50. The molecule has 0 saturated heterocycles. The summed E-state index contributed by atoms with van der Waals surface area (Å²) in [6, 6.07) is 0. The summed E-state index contributed by atoms with van der Waals surface area (Å²) in [4.78, 5) is 24.0. The Morgan fingerprint density at radius 2 is 1.52 bits per heavy atom. The molecular formula is C19H30O4. The lowest BCUT2D eigenvalue weighted by Gasteiger charge is -2.59. The van der Waals surface area contributed by atoms with Gasteiger partial charge in [0.15, 0.2) is 0 Å². The second-order valence-electron chi connectivity index (χ2n) is 9.10. The molecule has 0 unspecified atom stereocenters. The second kappa shape index (κ2) is 5.78. The van der Waals surface area contributed by atoms with Crippen molar-refractivity contribution in [3.8, 4) is 0 Å². The first-order chi connectivity index (χ1) is 10.7. The zero-order valence-corrected chi connectivity index (χ0v) is 14.9. The van der Waals surface area contributed by atoms with Gasteiger partial charge in [0.05, 0.1) is 11.8 Å². The van der Waals surface area contributed by atoms with Gasteiger partial charge in [0.2, 0.25) is 0 Å². The molecular weight excluding hydrogens is 292 g/mol. The van der Waals surface area contributed by atoms with Gasteiger partial charge in [0.25, 0.3) is 0 Å². The summed E-state index contributed by atoms with van der Waals surface area (Å²) in [5.74, 6) is 2.28. The maximum absolute atomic E-state index is 12.3. The molecule has 4 fully saturated rings. The molecule has 0 atom stereocenters. The smallest absolute Gasteiger partial charge is 0.311 e. The number of carbonyl (C=O) groups is 2. The van der Waals surface area contributed by atoms with Gasteiger partial charge in [-0.05, 0) is 83.5 Å². The van der Waals surface area contributed by atoms with Crippen LogP contribution in [0.5, 0.6) is 0 Å². The summed E-state index contributed by atoms with van der Waals surface area (Å²) in [5, 5.41) is 0. The fourth-order valence-electron chi connectivity index (χ4n) is 5.03. The van der Waals surface area contributed by atoms with E-state index in [0.717, 1.165) is 11.8 Å². The average molecular weight is 322 g/mol. The van der Waals surface area contributed by atoms with Gasteiger partial charge in [0.1, 0.15) is 12.2 Å². The Morgan fingerprint density at radius 3 is 2.00 bits per heavy atom. The van der Waals surface area contributed by atoms with Crippen LogP contribution in [0.15, 0.2) is 0 Å². The van der Waals surface area contributed by atoms with Gasteiger partial charge < -0.3 is 9.47 Å². The van der Waals surface area contributed by atoms with Gasteiger partial charge in [-0.1, -0.05) is 0 Å². The van der Waals surface area contributed by atoms with E-state index in [1.54, 1.807) is 0 Å². The van der Waals surface area contributed by atoms with Crippen LogP contribution in [0, 0.1) is 29.1 Å². The number of carbonyl (C=O) groups excluding carboxylic acids is 2. The van der Waals surface area contributed by atoms with Crippen molar-refractivity contribution in [2.24, 2.45) is 29.1 Å². The molecule has 130 valence electrons. The van der Waals surface area contributed by atoms with Gasteiger partial charge >= 0.3 is 11.9 Å². The van der Waals surface area contributed by atoms with Crippen LogP contribution in [0.2, 0.25) is 0 Å². The maximum atomic E-state index is 12.3. The van der Waals surface area contributed by atoms with Crippen molar-refractivity contribution in [3.63, 3.8) is 0 Å². The third kappa shape index (κ3) is 3.27. The molecule has 4 saturated carbocycles. The molecule has 0 aromatic carbocycles. The summed E-state index contributed by atoms with van der Waals surface area (Å²) in [6.45, 7) is 7.68. The van der Waals surface area contributed by atoms with Crippen LogP contribution in [0.3, 0.4) is 0 Å². The largest absolute Gasteiger partial charge is 0.465 e. The molecule has 23 heavy (non-hydrogen) atoms. The first-order valence-corrected chi connectivity index (χ1v) is 9.07. The predicted octanol–water partition coefficient (Wildman–Crippen LogP) is 3.72. The first-order valence-electron chi connectivity index (χ1n) is 9.07. The van der Waals surface area contributed by atoms with Crippen LogP contribution in [-0.2, 0) is 19.1 Å². The maximum Gasteiger partial charge on any atom is 0.311 e. The van der Waals surface area contributed by atoms with Crippen molar-refractivity contribution in [1.29, 1.82) is 0 Å². The van der Waals surface area contributed by atoms with E-state index >= 15 is 0 Å². The Balaban J connectivity index is 1.51. The summed E-state index contributed by atoms with van der Waals surface area (Å²) >= 11 is 0. The van der Waals surface area contributed by atoms with Crippen molar-refractivity contribution >= 4 is 11.9 Å². The van der Waals surface area contributed by atoms with E-state index < -0.39 is 5.41 Å². The minimum absolute atomic E-state index is 0.117. The number of hydrogen-bond acceptors (Lipinski definition) is 4. The summed E-state index contributed by atoms with van der Waals surface area (Å²) in [5.41, 5.74) is -0.824. The molecule has 0 amide bonds. The number of rotatable bonds is 4. The zero-order chi connectivity index (χ0) is 16.8. The summed E-state index contributed by atoms with van der Waals surface area (Å²) < 4.78 is 11.1. The number of esters is 2. The highest BCUT2D eigenvalue weighted by Gasteiger charge is 2.56. The topological polar surface area (TPSA) is 52.6 Å². The molecule has 4 nitrogen and oxygen atoms in total. The Hall–Kier alpha value is -1.06. The quantitative estimate of drug-likeness (QED) is 0.740. The van der Waals surface area contributed by atoms with E-state index in [1.165, 1.54) is 32.1 Å². The Labute approximate surface area is 139 Å². The van der Waals surface area contributed by atoms with Crippen LogP contribution in [0.4, 0.5) is 0 Å². The monoisotopic (exact) mass is 322 g/mol. The van der Waals surface area contributed by atoms with Gasteiger partial charge in [-0.3, -0.25) is 9.59 Å². The Kier molecular flexibility index (Phi) is 4.22. The van der Waals surface area contributed by atoms with E-state index in [9.17, 15) is 9.59 Å². The molecule has 0 radical (unpaired) electrons. The molecule has 0 aromatic heterocycles. The van der Waals surface area contributed by atoms with E-state index in [2.05, 4.69) is 6.92 Å². The molecule has 4 aliphatic rings. The molecule has 0 heterocycles. The van der Waals surface area contributed by atoms with Crippen LogP contribution in [-0.4, -0.2) is 24.1 Å². The highest BCUT2D eigenvalue weighted by Crippen LogP contribution is 2.59. The van der Waals surface area contributed by atoms with Gasteiger partial charge in [-0.2, -0.15) is 0 Å². The van der Waals surface area contributed by atoms with Crippen LogP contribution in [0.25, 0.3) is 0 Å². The van der Waals surface area contributed by atoms with E-state index in [1.807, 2.05) is 20.8 Å². The fraction of sp³-hybridized carbons (Fsp3) is 0.895. The van der Waals surface area contributed by atoms with Gasteiger partial charge in [-0.25, -0.2) is 0 Å². The molecule has 0 spiro atoms. The molecule has 4 rings (SSSR count). The molecule has 0 N–H and O–H groups in total.